The van der Waals surface area contributed by atoms with Crippen molar-refractivity contribution >= 4 is 11.6 Å². The lowest BCUT2D eigenvalue weighted by Crippen LogP contribution is -2.37. The van der Waals surface area contributed by atoms with Gasteiger partial charge in [-0.2, -0.15) is 5.26 Å². The summed E-state index contributed by atoms with van der Waals surface area (Å²) in [4.78, 5) is 14.0. The molecular weight excluding hydrogens is 254 g/mol. The highest BCUT2D eigenvalue weighted by atomic mass is 16.3. The van der Waals surface area contributed by atoms with E-state index in [-0.39, 0.29) is 12.0 Å². The van der Waals surface area contributed by atoms with Crippen molar-refractivity contribution in [2.45, 2.75) is 25.4 Å². The van der Waals surface area contributed by atoms with Crippen molar-refractivity contribution in [3.63, 3.8) is 0 Å². The number of likely N-dealkylation sites (tertiary alicyclic amines) is 1. The number of amides is 1. The maximum atomic E-state index is 11.8. The molecule has 106 valence electrons. The summed E-state index contributed by atoms with van der Waals surface area (Å²) in [5.41, 5.74) is 1.29. The van der Waals surface area contributed by atoms with Crippen molar-refractivity contribution in [2.24, 2.45) is 0 Å². The fourth-order valence-corrected chi connectivity index (χ4v) is 2.25. The molecule has 1 aromatic carbocycles. The molecule has 5 heteroatoms. The zero-order valence-corrected chi connectivity index (χ0v) is 11.4. The van der Waals surface area contributed by atoms with Gasteiger partial charge in [0.25, 0.3) is 0 Å². The molecule has 1 fully saturated rings. The number of anilines is 1. The summed E-state index contributed by atoms with van der Waals surface area (Å²) in [5.74, 6) is -0.0270. The highest BCUT2D eigenvalue weighted by Crippen LogP contribution is 2.11. The zero-order valence-electron chi connectivity index (χ0n) is 11.4. The van der Waals surface area contributed by atoms with Crippen LogP contribution in [0, 0.1) is 11.3 Å². The lowest BCUT2D eigenvalue weighted by atomic mass is 10.1. The van der Waals surface area contributed by atoms with Crippen LogP contribution in [0.5, 0.6) is 0 Å². The Bertz CT molecular complexity index is 485. The van der Waals surface area contributed by atoms with Crippen LogP contribution in [0.1, 0.15) is 24.8 Å². The smallest absolute Gasteiger partial charge is 0.225 e. The van der Waals surface area contributed by atoms with Crippen LogP contribution in [0.15, 0.2) is 24.3 Å². The summed E-state index contributed by atoms with van der Waals surface area (Å²) >= 11 is 0. The normalized spacial score (nSPS) is 16.6. The summed E-state index contributed by atoms with van der Waals surface area (Å²) in [5, 5.41) is 20.9. The zero-order chi connectivity index (χ0) is 14.4. The van der Waals surface area contributed by atoms with E-state index in [0.29, 0.717) is 17.7 Å². The van der Waals surface area contributed by atoms with Crippen LogP contribution in [-0.2, 0) is 4.79 Å². The molecule has 1 aliphatic heterocycles. The first-order valence-electron chi connectivity index (χ1n) is 6.88. The lowest BCUT2D eigenvalue weighted by Gasteiger charge is -2.29. The number of hydrogen-bond donors (Lipinski definition) is 2. The van der Waals surface area contributed by atoms with Crippen LogP contribution in [0.2, 0.25) is 0 Å². The van der Waals surface area contributed by atoms with Gasteiger partial charge >= 0.3 is 0 Å². The minimum Gasteiger partial charge on any atom is -0.393 e. The average molecular weight is 273 g/mol. The lowest BCUT2D eigenvalue weighted by molar-refractivity contribution is -0.116. The second-order valence-electron chi connectivity index (χ2n) is 5.06. The van der Waals surface area contributed by atoms with Crippen molar-refractivity contribution in [1.82, 2.24) is 4.90 Å². The molecule has 1 amide bonds. The van der Waals surface area contributed by atoms with Gasteiger partial charge in [-0.3, -0.25) is 4.79 Å². The van der Waals surface area contributed by atoms with Crippen LogP contribution in [0.3, 0.4) is 0 Å². The van der Waals surface area contributed by atoms with Gasteiger partial charge in [0.2, 0.25) is 5.91 Å². The van der Waals surface area contributed by atoms with E-state index in [1.165, 1.54) is 0 Å². The van der Waals surface area contributed by atoms with Crippen molar-refractivity contribution in [3.05, 3.63) is 29.8 Å². The summed E-state index contributed by atoms with van der Waals surface area (Å²) in [7, 11) is 0. The highest BCUT2D eigenvalue weighted by Gasteiger charge is 2.17. The Balaban J connectivity index is 1.73. The molecule has 0 spiro atoms. The summed E-state index contributed by atoms with van der Waals surface area (Å²) < 4.78 is 0. The monoisotopic (exact) mass is 273 g/mol. The fourth-order valence-electron chi connectivity index (χ4n) is 2.25. The Hall–Kier alpha value is -1.90. The Morgan fingerprint density at radius 1 is 1.35 bits per heavy atom. The number of nitrogens with one attached hydrogen (secondary N) is 1. The van der Waals surface area contributed by atoms with E-state index in [4.69, 9.17) is 5.26 Å². The van der Waals surface area contributed by atoms with E-state index in [1.807, 2.05) is 6.07 Å². The summed E-state index contributed by atoms with van der Waals surface area (Å²) in [6.45, 7) is 2.42. The molecule has 0 aliphatic carbocycles. The molecule has 1 aromatic rings. The van der Waals surface area contributed by atoms with E-state index in [1.54, 1.807) is 24.3 Å². The molecule has 0 unspecified atom stereocenters. The van der Waals surface area contributed by atoms with Gasteiger partial charge in [-0.15, -0.1) is 0 Å². The molecule has 2 N–H and O–H groups in total. The maximum absolute atomic E-state index is 11.8. The molecule has 1 heterocycles. The molecule has 0 atom stereocenters. The minimum atomic E-state index is -0.182. The summed E-state index contributed by atoms with van der Waals surface area (Å²) in [6.07, 6.45) is 1.84. The second kappa shape index (κ2) is 7.04. The van der Waals surface area contributed by atoms with Gasteiger partial charge in [-0.1, -0.05) is 0 Å². The number of piperidine rings is 1. The molecule has 0 bridgehead atoms. The van der Waals surface area contributed by atoms with E-state index in [9.17, 15) is 9.90 Å². The Kier molecular flexibility index (Phi) is 5.10. The molecule has 1 saturated heterocycles. The van der Waals surface area contributed by atoms with Crippen LogP contribution < -0.4 is 5.32 Å². The number of rotatable bonds is 4. The van der Waals surface area contributed by atoms with Crippen molar-refractivity contribution in [2.75, 3.05) is 25.0 Å². The number of carbonyl (C=O) groups is 1. The Morgan fingerprint density at radius 2 is 2.00 bits per heavy atom. The third-order valence-electron chi connectivity index (χ3n) is 3.51. The number of benzene rings is 1. The first kappa shape index (κ1) is 14.5. The minimum absolute atomic E-state index is 0.0270. The van der Waals surface area contributed by atoms with Crippen LogP contribution in [-0.4, -0.2) is 41.7 Å². The molecule has 20 heavy (non-hydrogen) atoms. The highest BCUT2D eigenvalue weighted by molar-refractivity contribution is 5.90. The standard InChI is InChI=1S/C15H19N3O2/c16-11-12-1-3-13(4-2-12)17-15(20)7-10-18-8-5-14(19)6-9-18/h1-4,14,19H,5-10H2,(H,17,20). The van der Waals surface area contributed by atoms with Crippen molar-refractivity contribution in [3.8, 4) is 6.07 Å². The number of aliphatic hydroxyl groups excluding tert-OH is 1. The predicted molar refractivity (Wildman–Crippen MR) is 76.1 cm³/mol. The van der Waals surface area contributed by atoms with E-state index in [0.717, 1.165) is 32.5 Å². The largest absolute Gasteiger partial charge is 0.393 e. The van der Waals surface area contributed by atoms with Gasteiger partial charge < -0.3 is 15.3 Å². The number of carbonyl (C=O) groups excluding carboxylic acids is 1. The molecule has 0 radical (unpaired) electrons. The quantitative estimate of drug-likeness (QED) is 0.868. The SMILES string of the molecule is N#Cc1ccc(NC(=O)CCN2CCC(O)CC2)cc1. The third-order valence-corrected chi connectivity index (χ3v) is 3.51. The van der Waals surface area contributed by atoms with Crippen LogP contribution in [0.25, 0.3) is 0 Å². The van der Waals surface area contributed by atoms with Crippen molar-refractivity contribution < 1.29 is 9.90 Å². The number of aliphatic hydroxyl groups is 1. The van der Waals surface area contributed by atoms with Crippen LogP contribution in [0.4, 0.5) is 5.69 Å². The molecule has 1 aliphatic rings. The molecule has 2 rings (SSSR count). The second-order valence-corrected chi connectivity index (χ2v) is 5.06. The van der Waals surface area contributed by atoms with Gasteiger partial charge in [0.1, 0.15) is 0 Å². The first-order chi connectivity index (χ1) is 9.67. The van der Waals surface area contributed by atoms with Crippen LogP contribution >= 0.6 is 0 Å². The molecule has 0 saturated carbocycles. The Labute approximate surface area is 118 Å². The van der Waals surface area contributed by atoms with Gasteiger partial charge in [0, 0.05) is 31.7 Å². The molecule has 0 aromatic heterocycles. The average Bonchev–Trinajstić information content (AvgIpc) is 2.47. The first-order valence-corrected chi connectivity index (χ1v) is 6.88. The predicted octanol–water partition coefficient (Wildman–Crippen LogP) is 1.34. The number of nitrogens with zero attached hydrogens (tertiary/aromatic N) is 2. The van der Waals surface area contributed by atoms with E-state index in [2.05, 4.69) is 10.2 Å². The number of hydrogen-bond acceptors (Lipinski definition) is 4. The van der Waals surface area contributed by atoms with E-state index < -0.39 is 0 Å². The topological polar surface area (TPSA) is 76.4 Å². The van der Waals surface area contributed by atoms with Gasteiger partial charge in [-0.25, -0.2) is 0 Å². The molecule has 5 nitrogen and oxygen atoms in total. The summed E-state index contributed by atoms with van der Waals surface area (Å²) in [6, 6.07) is 8.86. The van der Waals surface area contributed by atoms with E-state index >= 15 is 0 Å². The third kappa shape index (κ3) is 4.34. The van der Waals surface area contributed by atoms with Gasteiger partial charge in [0.15, 0.2) is 0 Å². The Morgan fingerprint density at radius 3 is 2.60 bits per heavy atom. The molecular formula is C15H19N3O2. The van der Waals surface area contributed by atoms with Crippen molar-refractivity contribution in [1.29, 1.82) is 5.26 Å². The maximum Gasteiger partial charge on any atom is 0.225 e. The van der Waals surface area contributed by atoms with Gasteiger partial charge in [0.05, 0.1) is 17.7 Å². The number of nitriles is 1. The van der Waals surface area contributed by atoms with Gasteiger partial charge in [-0.05, 0) is 37.1 Å². The fraction of sp³-hybridized carbons (Fsp3) is 0.467.